The van der Waals surface area contributed by atoms with Crippen LogP contribution in [0.25, 0.3) is 0 Å². The second-order valence-corrected chi connectivity index (χ2v) is 6.56. The first-order chi connectivity index (χ1) is 11.2. The highest BCUT2D eigenvalue weighted by molar-refractivity contribution is 14.0. The molecule has 1 fully saturated rings. The lowest BCUT2D eigenvalue weighted by Gasteiger charge is -2.21. The zero-order valence-corrected chi connectivity index (χ0v) is 18.1. The summed E-state index contributed by atoms with van der Waals surface area (Å²) in [6, 6.07) is 5.60. The molecule has 0 aliphatic carbocycles. The van der Waals surface area contributed by atoms with Crippen LogP contribution in [0.15, 0.2) is 23.2 Å². The van der Waals surface area contributed by atoms with Crippen molar-refractivity contribution in [2.45, 2.75) is 19.8 Å². The van der Waals surface area contributed by atoms with Gasteiger partial charge in [-0.05, 0) is 37.5 Å². The zero-order valence-electron chi connectivity index (χ0n) is 14.2. The lowest BCUT2D eigenvalue weighted by atomic mass is 10.1. The third-order valence-corrected chi connectivity index (χ3v) is 4.72. The minimum atomic E-state index is 0. The van der Waals surface area contributed by atoms with Crippen molar-refractivity contribution in [2.24, 2.45) is 10.9 Å². The maximum Gasteiger partial charge on any atom is 0.193 e. The van der Waals surface area contributed by atoms with E-state index < -0.39 is 0 Å². The van der Waals surface area contributed by atoms with Crippen LogP contribution in [0.2, 0.25) is 10.0 Å². The van der Waals surface area contributed by atoms with Crippen molar-refractivity contribution in [1.82, 2.24) is 10.2 Å². The summed E-state index contributed by atoms with van der Waals surface area (Å²) < 4.78 is 5.26. The molecule has 0 spiro atoms. The summed E-state index contributed by atoms with van der Waals surface area (Å²) in [7, 11) is 1.76. The van der Waals surface area contributed by atoms with Gasteiger partial charge in [0.15, 0.2) is 5.96 Å². The molecule has 0 radical (unpaired) electrons. The van der Waals surface area contributed by atoms with Gasteiger partial charge in [0.25, 0.3) is 0 Å². The Morgan fingerprint density at radius 3 is 2.71 bits per heavy atom. The van der Waals surface area contributed by atoms with Crippen LogP contribution in [0.3, 0.4) is 0 Å². The van der Waals surface area contributed by atoms with Crippen LogP contribution in [0.5, 0.6) is 0 Å². The second kappa shape index (κ2) is 11.4. The van der Waals surface area contributed by atoms with Gasteiger partial charge in [-0.2, -0.15) is 0 Å². The standard InChI is InChI=1S/C17H25Cl2N3O.HI/c1-3-20-17(22-10-8-13(11-22)12-23-2)21-9-7-14-15(18)5-4-6-16(14)19;/h4-6,13H,3,7-12H2,1-2H3,(H,20,21);1H. The summed E-state index contributed by atoms with van der Waals surface area (Å²) in [4.78, 5) is 7.05. The maximum absolute atomic E-state index is 6.21. The number of likely N-dealkylation sites (tertiary alicyclic amines) is 1. The number of rotatable bonds is 6. The van der Waals surface area contributed by atoms with Crippen LogP contribution in [0, 0.1) is 5.92 Å². The SMILES string of the molecule is CCNC(=NCCc1c(Cl)cccc1Cl)N1CCC(COC)C1.I. The molecule has 1 heterocycles. The maximum atomic E-state index is 6.21. The molecule has 7 heteroatoms. The van der Waals surface area contributed by atoms with Crippen LogP contribution in [-0.2, 0) is 11.2 Å². The molecule has 1 atom stereocenters. The monoisotopic (exact) mass is 485 g/mol. The van der Waals surface area contributed by atoms with Gasteiger partial charge in [-0.3, -0.25) is 4.99 Å². The third kappa shape index (κ3) is 6.24. The van der Waals surface area contributed by atoms with E-state index in [9.17, 15) is 0 Å². The average molecular weight is 486 g/mol. The average Bonchev–Trinajstić information content (AvgIpc) is 2.98. The number of ether oxygens (including phenoxy) is 1. The second-order valence-electron chi connectivity index (χ2n) is 5.74. The molecule has 2 rings (SSSR count). The minimum Gasteiger partial charge on any atom is -0.384 e. The molecule has 24 heavy (non-hydrogen) atoms. The van der Waals surface area contributed by atoms with Crippen molar-refractivity contribution in [3.05, 3.63) is 33.8 Å². The van der Waals surface area contributed by atoms with Crippen molar-refractivity contribution in [3.8, 4) is 0 Å². The van der Waals surface area contributed by atoms with E-state index in [4.69, 9.17) is 32.9 Å². The molecule has 1 aliphatic rings. The fourth-order valence-corrected chi connectivity index (χ4v) is 3.45. The van der Waals surface area contributed by atoms with Crippen molar-refractivity contribution >= 4 is 53.1 Å². The Labute approximate surface area is 172 Å². The van der Waals surface area contributed by atoms with Gasteiger partial charge in [-0.1, -0.05) is 29.3 Å². The summed E-state index contributed by atoms with van der Waals surface area (Å²) in [6.45, 7) is 6.43. The lowest BCUT2D eigenvalue weighted by Crippen LogP contribution is -2.40. The lowest BCUT2D eigenvalue weighted by molar-refractivity contribution is 0.157. The van der Waals surface area contributed by atoms with E-state index in [1.54, 1.807) is 7.11 Å². The van der Waals surface area contributed by atoms with Gasteiger partial charge in [0.05, 0.1) is 6.61 Å². The topological polar surface area (TPSA) is 36.9 Å². The zero-order chi connectivity index (χ0) is 16.7. The van der Waals surface area contributed by atoms with Crippen molar-refractivity contribution in [1.29, 1.82) is 0 Å². The molecule has 1 aromatic rings. The molecule has 1 N–H and O–H groups in total. The summed E-state index contributed by atoms with van der Waals surface area (Å²) in [5.41, 5.74) is 0.967. The molecule has 0 bridgehead atoms. The number of guanidine groups is 1. The number of methoxy groups -OCH3 is 1. The normalized spacial score (nSPS) is 17.8. The summed E-state index contributed by atoms with van der Waals surface area (Å²) in [5.74, 6) is 1.55. The number of aliphatic imine (C=N–C) groups is 1. The number of halogens is 3. The van der Waals surface area contributed by atoms with Gasteiger partial charge < -0.3 is 15.0 Å². The van der Waals surface area contributed by atoms with Gasteiger partial charge in [0.2, 0.25) is 0 Å². The molecular formula is C17H26Cl2IN3O. The molecule has 1 unspecified atom stereocenters. The summed E-state index contributed by atoms with van der Waals surface area (Å²) >= 11 is 12.4. The highest BCUT2D eigenvalue weighted by atomic mass is 127. The fraction of sp³-hybridized carbons (Fsp3) is 0.588. The Bertz CT molecular complexity index is 522. The van der Waals surface area contributed by atoms with E-state index in [1.807, 2.05) is 18.2 Å². The van der Waals surface area contributed by atoms with Gasteiger partial charge in [0.1, 0.15) is 0 Å². The molecule has 136 valence electrons. The molecule has 1 aromatic carbocycles. The Kier molecular flexibility index (Phi) is 10.3. The Morgan fingerprint density at radius 2 is 2.08 bits per heavy atom. The van der Waals surface area contributed by atoms with E-state index in [2.05, 4.69) is 17.1 Å². The number of benzene rings is 1. The number of hydrogen-bond donors (Lipinski definition) is 1. The van der Waals surface area contributed by atoms with Crippen LogP contribution in [0.4, 0.5) is 0 Å². The highest BCUT2D eigenvalue weighted by Crippen LogP contribution is 2.24. The van der Waals surface area contributed by atoms with Crippen molar-refractivity contribution in [3.63, 3.8) is 0 Å². The van der Waals surface area contributed by atoms with Crippen LogP contribution in [0.1, 0.15) is 18.9 Å². The largest absolute Gasteiger partial charge is 0.384 e. The molecule has 4 nitrogen and oxygen atoms in total. The Balaban J connectivity index is 0.00000288. The van der Waals surface area contributed by atoms with E-state index in [-0.39, 0.29) is 24.0 Å². The molecule has 0 saturated carbocycles. The Morgan fingerprint density at radius 1 is 1.38 bits per heavy atom. The van der Waals surface area contributed by atoms with E-state index >= 15 is 0 Å². The molecular weight excluding hydrogens is 460 g/mol. The van der Waals surface area contributed by atoms with Crippen LogP contribution >= 0.6 is 47.2 Å². The molecule has 1 aliphatic heterocycles. The summed E-state index contributed by atoms with van der Waals surface area (Å²) in [6.07, 6.45) is 1.89. The van der Waals surface area contributed by atoms with Gasteiger partial charge in [-0.15, -0.1) is 24.0 Å². The Hall–Kier alpha value is -0.240. The number of nitrogens with zero attached hydrogens (tertiary/aromatic N) is 2. The quantitative estimate of drug-likeness (QED) is 0.374. The first kappa shape index (κ1) is 21.8. The summed E-state index contributed by atoms with van der Waals surface area (Å²) in [5, 5.41) is 4.79. The first-order valence-electron chi connectivity index (χ1n) is 8.10. The van der Waals surface area contributed by atoms with Crippen LogP contribution in [-0.4, -0.2) is 50.8 Å². The van der Waals surface area contributed by atoms with E-state index in [0.29, 0.717) is 22.5 Å². The van der Waals surface area contributed by atoms with Gasteiger partial charge in [-0.25, -0.2) is 0 Å². The van der Waals surface area contributed by atoms with E-state index in [0.717, 1.165) is 50.6 Å². The van der Waals surface area contributed by atoms with Crippen molar-refractivity contribution < 1.29 is 4.74 Å². The number of hydrogen-bond acceptors (Lipinski definition) is 2. The fourth-order valence-electron chi connectivity index (χ4n) is 2.87. The molecule has 0 amide bonds. The predicted octanol–water partition coefficient (Wildman–Crippen LogP) is 4.09. The third-order valence-electron chi connectivity index (χ3n) is 4.01. The van der Waals surface area contributed by atoms with Crippen molar-refractivity contribution in [2.75, 3.05) is 39.9 Å². The number of nitrogens with one attached hydrogen (secondary N) is 1. The van der Waals surface area contributed by atoms with E-state index in [1.165, 1.54) is 0 Å². The van der Waals surface area contributed by atoms with Crippen LogP contribution < -0.4 is 5.32 Å². The molecule has 0 aromatic heterocycles. The molecule has 1 saturated heterocycles. The first-order valence-corrected chi connectivity index (χ1v) is 8.86. The minimum absolute atomic E-state index is 0. The smallest absolute Gasteiger partial charge is 0.193 e. The van der Waals surface area contributed by atoms with Gasteiger partial charge in [0, 0.05) is 49.3 Å². The highest BCUT2D eigenvalue weighted by Gasteiger charge is 2.24. The predicted molar refractivity (Wildman–Crippen MR) is 113 cm³/mol. The van der Waals surface area contributed by atoms with Gasteiger partial charge >= 0.3 is 0 Å².